The van der Waals surface area contributed by atoms with Crippen LogP contribution in [0.4, 0.5) is 24.5 Å². The van der Waals surface area contributed by atoms with Gasteiger partial charge in [0.1, 0.15) is 11.5 Å². The lowest BCUT2D eigenvalue weighted by molar-refractivity contribution is -0.137. The number of nitrogen functional groups attached to an aromatic ring is 2. The first-order valence-electron chi connectivity index (χ1n) is 6.34. The van der Waals surface area contributed by atoms with Gasteiger partial charge in [-0.1, -0.05) is 0 Å². The minimum atomic E-state index is -4.49. The van der Waals surface area contributed by atoms with Gasteiger partial charge in [0.15, 0.2) is 0 Å². The summed E-state index contributed by atoms with van der Waals surface area (Å²) in [6.07, 6.45) is -4.49. The molecule has 7 heteroatoms. The van der Waals surface area contributed by atoms with E-state index in [9.17, 15) is 13.2 Å². The van der Waals surface area contributed by atoms with E-state index in [4.69, 9.17) is 20.9 Å². The minimum absolute atomic E-state index is 0.0204. The number of anilines is 2. The van der Waals surface area contributed by atoms with Crippen LogP contribution < -0.4 is 20.9 Å². The molecule has 22 heavy (non-hydrogen) atoms. The number of hydrogen-bond acceptors (Lipinski definition) is 4. The van der Waals surface area contributed by atoms with Crippen LogP contribution in [0.3, 0.4) is 0 Å². The van der Waals surface area contributed by atoms with Crippen LogP contribution in [0.1, 0.15) is 11.1 Å². The van der Waals surface area contributed by atoms with Crippen molar-refractivity contribution in [1.29, 1.82) is 0 Å². The van der Waals surface area contributed by atoms with Gasteiger partial charge < -0.3 is 20.9 Å². The zero-order valence-corrected chi connectivity index (χ0v) is 11.8. The Morgan fingerprint density at radius 2 is 1.41 bits per heavy atom. The molecule has 0 saturated carbocycles. The van der Waals surface area contributed by atoms with E-state index in [1.54, 1.807) is 18.2 Å². The van der Waals surface area contributed by atoms with Crippen LogP contribution in [0.25, 0.3) is 0 Å². The summed E-state index contributed by atoms with van der Waals surface area (Å²) in [5.74, 6) is 0.449. The van der Waals surface area contributed by atoms with Crippen LogP contribution >= 0.6 is 0 Å². The van der Waals surface area contributed by atoms with E-state index in [0.717, 1.165) is 17.7 Å². The van der Waals surface area contributed by atoms with Crippen LogP contribution in [0.5, 0.6) is 11.5 Å². The molecular weight excluding hydrogens is 297 g/mol. The number of aryl methyl sites for hydroxylation is 1. The molecule has 0 heterocycles. The fourth-order valence-corrected chi connectivity index (χ4v) is 1.89. The first kappa shape index (κ1) is 15.8. The Kier molecular flexibility index (Phi) is 4.35. The Labute approximate surface area is 125 Å². The highest BCUT2D eigenvalue weighted by atomic mass is 19.4. The molecule has 0 spiro atoms. The zero-order valence-electron chi connectivity index (χ0n) is 11.8. The molecule has 0 saturated heterocycles. The van der Waals surface area contributed by atoms with Crippen molar-refractivity contribution in [3.05, 3.63) is 47.5 Å². The summed E-state index contributed by atoms with van der Waals surface area (Å²) < 4.78 is 48.5. The van der Waals surface area contributed by atoms with Crippen molar-refractivity contribution >= 4 is 11.4 Å². The third-order valence-corrected chi connectivity index (χ3v) is 2.78. The van der Waals surface area contributed by atoms with Crippen molar-refractivity contribution in [2.75, 3.05) is 18.3 Å². The molecule has 0 aliphatic heterocycles. The maximum absolute atomic E-state index is 12.7. The second kappa shape index (κ2) is 6.05. The van der Waals surface area contributed by atoms with Crippen LogP contribution in [0, 0.1) is 6.92 Å². The molecule has 4 nitrogen and oxygen atoms in total. The highest BCUT2D eigenvalue weighted by Gasteiger charge is 2.31. The number of nitrogens with two attached hydrogens (primary N) is 2. The van der Waals surface area contributed by atoms with Gasteiger partial charge in [-0.05, 0) is 36.8 Å². The van der Waals surface area contributed by atoms with Gasteiger partial charge in [0, 0.05) is 23.5 Å². The van der Waals surface area contributed by atoms with Crippen LogP contribution in [0.2, 0.25) is 0 Å². The number of hydrogen-bond donors (Lipinski definition) is 2. The standard InChI is InChI=1S/C15H15F3N2O2/c1-9-2-11(19)6-13(3-9)21-8-22-14-5-10(15(16,17)18)4-12(20)7-14/h2-7H,8,19-20H2,1H3. The summed E-state index contributed by atoms with van der Waals surface area (Å²) in [5, 5.41) is 0. The topological polar surface area (TPSA) is 70.5 Å². The second-order valence-electron chi connectivity index (χ2n) is 4.77. The van der Waals surface area contributed by atoms with Crippen molar-refractivity contribution < 1.29 is 22.6 Å². The maximum atomic E-state index is 12.7. The molecule has 2 aromatic carbocycles. The lowest BCUT2D eigenvalue weighted by Crippen LogP contribution is -2.09. The third-order valence-electron chi connectivity index (χ3n) is 2.78. The molecule has 0 fully saturated rings. The molecule has 0 bridgehead atoms. The number of halogens is 3. The molecule has 0 amide bonds. The van der Waals surface area contributed by atoms with Gasteiger partial charge in [-0.15, -0.1) is 0 Å². The largest absolute Gasteiger partial charge is 0.457 e. The minimum Gasteiger partial charge on any atom is -0.457 e. The van der Waals surface area contributed by atoms with E-state index < -0.39 is 11.7 Å². The van der Waals surface area contributed by atoms with E-state index in [1.807, 2.05) is 6.92 Å². The fourth-order valence-electron chi connectivity index (χ4n) is 1.89. The van der Waals surface area contributed by atoms with Crippen molar-refractivity contribution in [2.45, 2.75) is 13.1 Å². The fraction of sp³-hybridized carbons (Fsp3) is 0.200. The summed E-state index contributed by atoms with van der Waals surface area (Å²) in [6.45, 7) is 1.58. The van der Waals surface area contributed by atoms with Gasteiger partial charge in [-0.2, -0.15) is 13.2 Å². The Bertz CT molecular complexity index is 652. The Hall–Kier alpha value is -2.57. The molecule has 0 aliphatic carbocycles. The van der Waals surface area contributed by atoms with Crippen molar-refractivity contribution in [1.82, 2.24) is 0 Å². The Morgan fingerprint density at radius 1 is 0.864 bits per heavy atom. The van der Waals surface area contributed by atoms with Crippen LogP contribution in [-0.2, 0) is 6.18 Å². The van der Waals surface area contributed by atoms with Gasteiger partial charge in [0.2, 0.25) is 6.79 Å². The van der Waals surface area contributed by atoms with Crippen molar-refractivity contribution in [2.24, 2.45) is 0 Å². The number of rotatable bonds is 4. The first-order chi connectivity index (χ1) is 10.2. The smallest absolute Gasteiger partial charge is 0.416 e. The lowest BCUT2D eigenvalue weighted by Gasteiger charge is -2.13. The molecule has 0 aromatic heterocycles. The molecule has 2 rings (SSSR count). The van der Waals surface area contributed by atoms with Gasteiger partial charge in [-0.25, -0.2) is 0 Å². The van der Waals surface area contributed by atoms with Gasteiger partial charge in [-0.3, -0.25) is 0 Å². The third kappa shape index (κ3) is 4.21. The lowest BCUT2D eigenvalue weighted by atomic mass is 10.2. The molecule has 4 N–H and O–H groups in total. The van der Waals surface area contributed by atoms with E-state index in [-0.39, 0.29) is 18.2 Å². The zero-order chi connectivity index (χ0) is 16.3. The molecule has 0 unspecified atom stereocenters. The number of alkyl halides is 3. The molecule has 0 radical (unpaired) electrons. The summed E-state index contributed by atoms with van der Waals surface area (Å²) in [6, 6.07) is 8.10. The summed E-state index contributed by atoms with van der Waals surface area (Å²) >= 11 is 0. The average Bonchev–Trinajstić information content (AvgIpc) is 2.35. The second-order valence-corrected chi connectivity index (χ2v) is 4.77. The number of ether oxygens (including phenoxy) is 2. The maximum Gasteiger partial charge on any atom is 0.416 e. The highest BCUT2D eigenvalue weighted by molar-refractivity contribution is 5.49. The van der Waals surface area contributed by atoms with Gasteiger partial charge in [0.05, 0.1) is 5.56 Å². The van der Waals surface area contributed by atoms with Crippen LogP contribution in [-0.4, -0.2) is 6.79 Å². The van der Waals surface area contributed by atoms with Crippen molar-refractivity contribution in [3.8, 4) is 11.5 Å². The average molecular weight is 312 g/mol. The normalized spacial score (nSPS) is 11.3. The number of benzene rings is 2. The Balaban J connectivity index is 2.04. The van der Waals surface area contributed by atoms with E-state index >= 15 is 0 Å². The summed E-state index contributed by atoms with van der Waals surface area (Å²) in [4.78, 5) is 0. The predicted molar refractivity (Wildman–Crippen MR) is 77.6 cm³/mol. The van der Waals surface area contributed by atoms with E-state index in [0.29, 0.717) is 11.4 Å². The van der Waals surface area contributed by atoms with Crippen LogP contribution in [0.15, 0.2) is 36.4 Å². The molecular formula is C15H15F3N2O2. The highest BCUT2D eigenvalue weighted by Crippen LogP contribution is 2.33. The van der Waals surface area contributed by atoms with E-state index in [2.05, 4.69) is 0 Å². The van der Waals surface area contributed by atoms with Gasteiger partial charge >= 0.3 is 6.18 Å². The van der Waals surface area contributed by atoms with E-state index in [1.165, 1.54) is 6.07 Å². The van der Waals surface area contributed by atoms with Gasteiger partial charge in [0.25, 0.3) is 0 Å². The summed E-state index contributed by atoms with van der Waals surface area (Å²) in [5.41, 5.74) is 11.6. The molecule has 2 aromatic rings. The SMILES string of the molecule is Cc1cc(N)cc(OCOc2cc(N)cc(C(F)(F)F)c2)c1. The first-order valence-corrected chi connectivity index (χ1v) is 6.34. The van der Waals surface area contributed by atoms with Crippen molar-refractivity contribution in [3.63, 3.8) is 0 Å². The molecule has 0 aliphatic rings. The quantitative estimate of drug-likeness (QED) is 0.668. The molecule has 118 valence electrons. The predicted octanol–water partition coefficient (Wildman–Crippen LogP) is 3.59. The monoisotopic (exact) mass is 312 g/mol. The Morgan fingerprint density at radius 3 is 1.95 bits per heavy atom. The molecule has 0 atom stereocenters. The summed E-state index contributed by atoms with van der Waals surface area (Å²) in [7, 11) is 0.